The summed E-state index contributed by atoms with van der Waals surface area (Å²) in [7, 11) is 0. The van der Waals surface area contributed by atoms with Gasteiger partial charge in [-0.2, -0.15) is 5.10 Å². The Kier molecular flexibility index (Phi) is 1.51. The zero-order valence-electron chi connectivity index (χ0n) is 7.54. The summed E-state index contributed by atoms with van der Waals surface area (Å²) >= 11 is 0. The number of fused-ring (bicyclic) bond motifs is 1. The van der Waals surface area contributed by atoms with Gasteiger partial charge in [-0.1, -0.05) is 13.8 Å². The largest absolute Gasteiger partial charge is 0.390 e. The van der Waals surface area contributed by atoms with Crippen LogP contribution in [-0.2, 0) is 18.6 Å². The van der Waals surface area contributed by atoms with Crippen molar-refractivity contribution in [2.24, 2.45) is 0 Å². The minimum Gasteiger partial charge on any atom is -0.390 e. The Morgan fingerprint density at radius 3 is 3.00 bits per heavy atom. The van der Waals surface area contributed by atoms with Crippen molar-refractivity contribution in [1.82, 2.24) is 9.78 Å². The van der Waals surface area contributed by atoms with Gasteiger partial charge in [-0.15, -0.1) is 0 Å². The maximum atomic E-state index is 8.89. The molecule has 0 saturated carbocycles. The van der Waals surface area contributed by atoms with E-state index in [9.17, 15) is 0 Å². The van der Waals surface area contributed by atoms with Gasteiger partial charge in [-0.3, -0.25) is 4.68 Å². The molecule has 0 radical (unpaired) electrons. The van der Waals surface area contributed by atoms with Crippen molar-refractivity contribution in [3.63, 3.8) is 0 Å². The number of nitrogens with zero attached hydrogens (tertiary/aromatic N) is 2. The number of hydrogen-bond acceptors (Lipinski definition) is 2. The average Bonchev–Trinajstić information content (AvgIpc) is 2.53. The summed E-state index contributed by atoms with van der Waals surface area (Å²) in [5.74, 6) is 0. The van der Waals surface area contributed by atoms with E-state index < -0.39 is 0 Å². The summed E-state index contributed by atoms with van der Waals surface area (Å²) in [6.07, 6.45) is 1.15. The number of aliphatic hydroxyl groups is 1. The van der Waals surface area contributed by atoms with E-state index in [0.29, 0.717) is 0 Å². The summed E-state index contributed by atoms with van der Waals surface area (Å²) in [6, 6.07) is 2.01. The van der Waals surface area contributed by atoms with Crippen LogP contribution in [0.3, 0.4) is 0 Å². The molecule has 0 fully saturated rings. The number of aliphatic hydroxyl groups excluding tert-OH is 1. The van der Waals surface area contributed by atoms with Crippen LogP contribution in [0.15, 0.2) is 6.07 Å². The van der Waals surface area contributed by atoms with Crippen LogP contribution in [0.4, 0.5) is 0 Å². The zero-order chi connectivity index (χ0) is 8.77. The predicted octanol–water partition coefficient (Wildman–Crippen LogP) is 1.06. The summed E-state index contributed by atoms with van der Waals surface area (Å²) in [5.41, 5.74) is 2.28. The monoisotopic (exact) mass is 166 g/mol. The van der Waals surface area contributed by atoms with Crippen LogP contribution in [0.25, 0.3) is 0 Å². The van der Waals surface area contributed by atoms with Crippen molar-refractivity contribution >= 4 is 0 Å². The normalized spacial score (nSPS) is 19.6. The SMILES string of the molecule is CC1(C)CCn2nc(CO)cc21. The van der Waals surface area contributed by atoms with Gasteiger partial charge in [0, 0.05) is 17.7 Å². The molecular weight excluding hydrogens is 152 g/mol. The van der Waals surface area contributed by atoms with E-state index in [1.165, 1.54) is 5.69 Å². The van der Waals surface area contributed by atoms with E-state index in [1.54, 1.807) is 0 Å². The molecule has 66 valence electrons. The zero-order valence-corrected chi connectivity index (χ0v) is 7.54. The fourth-order valence-corrected chi connectivity index (χ4v) is 1.78. The van der Waals surface area contributed by atoms with Gasteiger partial charge in [0.05, 0.1) is 12.3 Å². The molecular formula is C9H14N2O. The molecule has 2 heterocycles. The van der Waals surface area contributed by atoms with Gasteiger partial charge in [0.1, 0.15) is 0 Å². The molecule has 1 aliphatic heterocycles. The third-order valence-corrected chi connectivity index (χ3v) is 2.63. The highest BCUT2D eigenvalue weighted by atomic mass is 16.3. The lowest BCUT2D eigenvalue weighted by Crippen LogP contribution is -2.11. The standard InChI is InChI=1S/C9H14N2O/c1-9(2)3-4-11-8(9)5-7(6-12)10-11/h5,12H,3-4,6H2,1-2H3. The Morgan fingerprint density at radius 2 is 2.42 bits per heavy atom. The smallest absolute Gasteiger partial charge is 0.0882 e. The molecule has 3 nitrogen and oxygen atoms in total. The second kappa shape index (κ2) is 2.33. The van der Waals surface area contributed by atoms with Gasteiger partial charge in [0.15, 0.2) is 0 Å². The summed E-state index contributed by atoms with van der Waals surface area (Å²) in [4.78, 5) is 0. The Labute approximate surface area is 72.0 Å². The lowest BCUT2D eigenvalue weighted by molar-refractivity contribution is 0.275. The second-order valence-electron chi connectivity index (χ2n) is 4.04. The highest BCUT2D eigenvalue weighted by Crippen LogP contribution is 2.33. The average molecular weight is 166 g/mol. The molecule has 1 aromatic rings. The van der Waals surface area contributed by atoms with E-state index in [2.05, 4.69) is 18.9 Å². The molecule has 0 aromatic carbocycles. The molecule has 3 heteroatoms. The van der Waals surface area contributed by atoms with Crippen LogP contribution in [-0.4, -0.2) is 14.9 Å². The molecule has 0 unspecified atom stereocenters. The van der Waals surface area contributed by atoms with Crippen LogP contribution in [0.5, 0.6) is 0 Å². The van der Waals surface area contributed by atoms with Crippen LogP contribution in [0.1, 0.15) is 31.7 Å². The maximum Gasteiger partial charge on any atom is 0.0882 e. The summed E-state index contributed by atoms with van der Waals surface area (Å²) < 4.78 is 2.01. The topological polar surface area (TPSA) is 38.0 Å². The van der Waals surface area contributed by atoms with Gasteiger partial charge in [-0.25, -0.2) is 0 Å². The van der Waals surface area contributed by atoms with Gasteiger partial charge in [0.25, 0.3) is 0 Å². The molecule has 1 aromatic heterocycles. The van der Waals surface area contributed by atoms with Crippen molar-refractivity contribution in [3.8, 4) is 0 Å². The number of hydrogen-bond donors (Lipinski definition) is 1. The van der Waals surface area contributed by atoms with Gasteiger partial charge in [-0.05, 0) is 12.5 Å². The fourth-order valence-electron chi connectivity index (χ4n) is 1.78. The van der Waals surface area contributed by atoms with Crippen LogP contribution in [0.2, 0.25) is 0 Å². The lowest BCUT2D eigenvalue weighted by Gasteiger charge is -2.14. The van der Waals surface area contributed by atoms with Crippen molar-refractivity contribution in [3.05, 3.63) is 17.5 Å². The maximum absolute atomic E-state index is 8.89. The summed E-state index contributed by atoms with van der Waals surface area (Å²) in [5, 5.41) is 13.2. The van der Waals surface area contributed by atoms with Crippen molar-refractivity contribution < 1.29 is 5.11 Å². The molecule has 0 amide bonds. The van der Waals surface area contributed by atoms with Gasteiger partial charge < -0.3 is 5.11 Å². The van der Waals surface area contributed by atoms with Crippen LogP contribution in [0, 0.1) is 0 Å². The first-order chi connectivity index (χ1) is 5.63. The first kappa shape index (κ1) is 7.80. The first-order valence-electron chi connectivity index (χ1n) is 4.31. The molecule has 0 spiro atoms. The molecule has 12 heavy (non-hydrogen) atoms. The third kappa shape index (κ3) is 0.966. The molecule has 1 aliphatic rings. The molecule has 0 saturated heterocycles. The Bertz CT molecular complexity index is 301. The Hall–Kier alpha value is -0.830. The van der Waals surface area contributed by atoms with Crippen molar-refractivity contribution in [1.29, 1.82) is 0 Å². The highest BCUT2D eigenvalue weighted by molar-refractivity contribution is 5.21. The molecule has 2 rings (SSSR count). The summed E-state index contributed by atoms with van der Waals surface area (Å²) in [6.45, 7) is 5.47. The number of aromatic nitrogens is 2. The second-order valence-corrected chi connectivity index (χ2v) is 4.04. The minimum atomic E-state index is 0.0517. The van der Waals surface area contributed by atoms with E-state index in [-0.39, 0.29) is 12.0 Å². The molecule has 0 atom stereocenters. The van der Waals surface area contributed by atoms with Crippen molar-refractivity contribution in [2.45, 2.75) is 38.8 Å². The fraction of sp³-hybridized carbons (Fsp3) is 0.667. The van der Waals surface area contributed by atoms with Crippen LogP contribution < -0.4 is 0 Å². The molecule has 0 bridgehead atoms. The quantitative estimate of drug-likeness (QED) is 0.677. The van der Waals surface area contributed by atoms with Gasteiger partial charge >= 0.3 is 0 Å². The van der Waals surface area contributed by atoms with Crippen LogP contribution >= 0.6 is 0 Å². The van der Waals surface area contributed by atoms with E-state index in [1.807, 2.05) is 10.7 Å². The lowest BCUT2D eigenvalue weighted by atomic mass is 9.88. The Balaban J connectivity index is 2.44. The molecule has 0 aliphatic carbocycles. The van der Waals surface area contributed by atoms with E-state index in [4.69, 9.17) is 5.11 Å². The minimum absolute atomic E-state index is 0.0517. The van der Waals surface area contributed by atoms with E-state index in [0.717, 1.165) is 18.7 Å². The highest BCUT2D eigenvalue weighted by Gasteiger charge is 2.31. The van der Waals surface area contributed by atoms with E-state index >= 15 is 0 Å². The first-order valence-corrected chi connectivity index (χ1v) is 4.31. The third-order valence-electron chi connectivity index (χ3n) is 2.63. The van der Waals surface area contributed by atoms with Gasteiger partial charge in [0.2, 0.25) is 0 Å². The number of aryl methyl sites for hydroxylation is 1. The number of rotatable bonds is 1. The predicted molar refractivity (Wildman–Crippen MR) is 45.8 cm³/mol. The molecule has 1 N–H and O–H groups in total. The van der Waals surface area contributed by atoms with Crippen molar-refractivity contribution in [2.75, 3.05) is 0 Å². The Morgan fingerprint density at radius 1 is 1.67 bits per heavy atom.